The van der Waals surface area contributed by atoms with Gasteiger partial charge in [0.2, 0.25) is 0 Å². The van der Waals surface area contributed by atoms with Gasteiger partial charge in [-0.2, -0.15) is 26.3 Å². The lowest BCUT2D eigenvalue weighted by Gasteiger charge is -2.14. The molecule has 0 bridgehead atoms. The smallest absolute Gasteiger partial charge is 0.431 e. The Balaban J connectivity index is 2.15. The van der Waals surface area contributed by atoms with Crippen molar-refractivity contribution in [2.45, 2.75) is 12.4 Å². The first-order valence-corrected chi connectivity index (χ1v) is 8.93. The summed E-state index contributed by atoms with van der Waals surface area (Å²) < 4.78 is 97.0. The van der Waals surface area contributed by atoms with Crippen LogP contribution in [0.25, 0.3) is 5.69 Å². The summed E-state index contributed by atoms with van der Waals surface area (Å²) >= 11 is 5.79. The summed E-state index contributed by atoms with van der Waals surface area (Å²) in [5.74, 6) is -2.81. The molecule has 1 N–H and O–H groups in total. The van der Waals surface area contributed by atoms with Crippen molar-refractivity contribution < 1.29 is 40.4 Å². The second kappa shape index (κ2) is 8.48. The second-order valence-electron chi connectivity index (χ2n) is 6.47. The molecule has 16 heteroatoms. The van der Waals surface area contributed by atoms with Gasteiger partial charge in [-0.25, -0.2) is 13.8 Å². The molecule has 0 atom stereocenters. The number of non-ortho nitro benzene ring substituents is 1. The highest BCUT2D eigenvalue weighted by atomic mass is 35.5. The van der Waals surface area contributed by atoms with Crippen molar-refractivity contribution in [3.05, 3.63) is 89.4 Å². The third-order valence-electron chi connectivity index (χ3n) is 4.14. The van der Waals surface area contributed by atoms with Crippen molar-refractivity contribution in [2.24, 2.45) is 0 Å². The molecule has 0 amide bonds. The lowest BCUT2D eigenvalue weighted by molar-refractivity contribution is -0.385. The monoisotopic (exact) mass is 513 g/mol. The van der Waals surface area contributed by atoms with Crippen LogP contribution in [0.15, 0.2) is 46.0 Å². The molecule has 3 aromatic rings. The predicted octanol–water partition coefficient (Wildman–Crippen LogP) is 5.06. The van der Waals surface area contributed by atoms with Gasteiger partial charge < -0.3 is 9.72 Å². The van der Waals surface area contributed by atoms with Gasteiger partial charge in [-0.3, -0.25) is 14.9 Å². The molecular weight excluding hydrogens is 507 g/mol. The number of aromatic amines is 1. The number of H-pyrrole nitrogens is 1. The van der Waals surface area contributed by atoms with Gasteiger partial charge in [0.05, 0.1) is 27.3 Å². The number of hydrogen-bond donors (Lipinski definition) is 1. The van der Waals surface area contributed by atoms with Crippen LogP contribution < -0.4 is 16.0 Å². The summed E-state index contributed by atoms with van der Waals surface area (Å²) in [7, 11) is 0. The predicted molar refractivity (Wildman–Crippen MR) is 101 cm³/mol. The molecule has 0 unspecified atom stereocenters. The van der Waals surface area contributed by atoms with Gasteiger partial charge in [0.15, 0.2) is 0 Å². The fourth-order valence-electron chi connectivity index (χ4n) is 2.68. The standard InChI is InChI=1S/C18H7ClF7N3O5/c19-10-4-11(20)12(28-15(30)6-14(18(24,25)26)27-16(28)31)5-13(10)34-9-2-7(17(21,22)23)1-8(3-9)29(32)33/h1-6H,(H,27,31). The van der Waals surface area contributed by atoms with Crippen LogP contribution in [-0.2, 0) is 12.4 Å². The van der Waals surface area contributed by atoms with Crippen LogP contribution in [0.5, 0.6) is 11.5 Å². The lowest BCUT2D eigenvalue weighted by atomic mass is 10.2. The minimum atomic E-state index is -5.09. The zero-order chi connectivity index (χ0) is 25.6. The Bertz CT molecular complexity index is 1380. The highest BCUT2D eigenvalue weighted by molar-refractivity contribution is 6.32. The van der Waals surface area contributed by atoms with Crippen molar-refractivity contribution in [1.29, 1.82) is 0 Å². The zero-order valence-electron chi connectivity index (χ0n) is 15.9. The number of benzene rings is 2. The maximum atomic E-state index is 14.4. The van der Waals surface area contributed by atoms with E-state index in [0.29, 0.717) is 24.3 Å². The molecule has 0 spiro atoms. The van der Waals surface area contributed by atoms with E-state index in [1.165, 1.54) is 4.98 Å². The lowest BCUT2D eigenvalue weighted by Crippen LogP contribution is -2.36. The number of nitro groups is 1. The minimum absolute atomic E-state index is 0.0217. The molecule has 34 heavy (non-hydrogen) atoms. The summed E-state index contributed by atoms with van der Waals surface area (Å²) in [6, 6.07) is 2.18. The molecule has 2 aromatic carbocycles. The van der Waals surface area contributed by atoms with Crippen molar-refractivity contribution >= 4 is 17.3 Å². The highest BCUT2D eigenvalue weighted by Gasteiger charge is 2.34. The molecule has 0 radical (unpaired) electrons. The van der Waals surface area contributed by atoms with Gasteiger partial charge in [-0.05, 0) is 12.1 Å². The average molecular weight is 514 g/mol. The van der Waals surface area contributed by atoms with E-state index >= 15 is 0 Å². The number of ether oxygens (including phenoxy) is 1. The second-order valence-corrected chi connectivity index (χ2v) is 6.87. The first-order chi connectivity index (χ1) is 15.6. The summed E-state index contributed by atoms with van der Waals surface area (Å²) in [6.07, 6.45) is -10.1. The molecule has 0 aliphatic heterocycles. The van der Waals surface area contributed by atoms with Crippen LogP contribution in [-0.4, -0.2) is 14.5 Å². The molecule has 8 nitrogen and oxygen atoms in total. The number of halogens is 8. The van der Waals surface area contributed by atoms with Crippen molar-refractivity contribution in [2.75, 3.05) is 0 Å². The topological polar surface area (TPSA) is 107 Å². The van der Waals surface area contributed by atoms with E-state index in [1.54, 1.807) is 0 Å². The van der Waals surface area contributed by atoms with Gasteiger partial charge >= 0.3 is 18.0 Å². The molecule has 0 fully saturated rings. The van der Waals surface area contributed by atoms with Crippen LogP contribution >= 0.6 is 11.6 Å². The Morgan fingerprint density at radius 2 is 1.62 bits per heavy atom. The van der Waals surface area contributed by atoms with E-state index in [1.807, 2.05) is 0 Å². The zero-order valence-corrected chi connectivity index (χ0v) is 16.7. The van der Waals surface area contributed by atoms with Gasteiger partial charge in [-0.15, -0.1) is 0 Å². The van der Waals surface area contributed by atoms with Crippen molar-refractivity contribution in [3.8, 4) is 17.2 Å². The number of alkyl halides is 6. The summed E-state index contributed by atoms with van der Waals surface area (Å²) in [4.78, 5) is 35.3. The van der Waals surface area contributed by atoms with Gasteiger partial charge in [0, 0.05) is 18.2 Å². The Hall–Kier alpha value is -3.88. The van der Waals surface area contributed by atoms with Crippen LogP contribution in [0, 0.1) is 15.9 Å². The third-order valence-corrected chi connectivity index (χ3v) is 4.43. The van der Waals surface area contributed by atoms with Gasteiger partial charge in [-0.1, -0.05) is 11.6 Å². The quantitative estimate of drug-likeness (QED) is 0.298. The van der Waals surface area contributed by atoms with Crippen molar-refractivity contribution in [3.63, 3.8) is 0 Å². The number of nitrogens with zero attached hydrogens (tertiary/aromatic N) is 2. The number of hydrogen-bond acceptors (Lipinski definition) is 5. The molecule has 1 aromatic heterocycles. The molecule has 180 valence electrons. The van der Waals surface area contributed by atoms with Gasteiger partial charge in [0.25, 0.3) is 11.2 Å². The third kappa shape index (κ3) is 5.03. The minimum Gasteiger partial charge on any atom is -0.455 e. The average Bonchev–Trinajstić information content (AvgIpc) is 2.69. The summed E-state index contributed by atoms with van der Waals surface area (Å²) in [5, 5.41) is 10.4. The molecule has 3 rings (SSSR count). The Labute approximate surface area is 186 Å². The summed E-state index contributed by atoms with van der Waals surface area (Å²) in [5.41, 5.74) is -8.44. The highest BCUT2D eigenvalue weighted by Crippen LogP contribution is 2.38. The van der Waals surface area contributed by atoms with E-state index < -0.39 is 73.5 Å². The molecule has 0 saturated carbocycles. The fourth-order valence-corrected chi connectivity index (χ4v) is 2.87. The normalized spacial score (nSPS) is 12.0. The molecule has 0 aliphatic rings. The van der Waals surface area contributed by atoms with E-state index in [4.69, 9.17) is 16.3 Å². The number of aromatic nitrogens is 2. The summed E-state index contributed by atoms with van der Waals surface area (Å²) in [6.45, 7) is 0. The van der Waals surface area contributed by atoms with Crippen LogP contribution in [0.3, 0.4) is 0 Å². The van der Waals surface area contributed by atoms with E-state index in [-0.39, 0.29) is 16.7 Å². The SMILES string of the molecule is O=c1cc(C(F)(F)F)[nH]c(=O)n1-c1cc(Oc2cc([N+](=O)[O-])cc(C(F)(F)F)c2)c(Cl)cc1F. The maximum absolute atomic E-state index is 14.4. The van der Waals surface area contributed by atoms with Crippen LogP contribution in [0.4, 0.5) is 36.4 Å². The molecule has 0 aliphatic carbocycles. The van der Waals surface area contributed by atoms with Crippen LogP contribution in [0.2, 0.25) is 5.02 Å². The molecular formula is C18H7ClF7N3O5. The van der Waals surface area contributed by atoms with Gasteiger partial charge in [0.1, 0.15) is 23.0 Å². The van der Waals surface area contributed by atoms with Crippen LogP contribution in [0.1, 0.15) is 11.3 Å². The Morgan fingerprint density at radius 1 is 0.971 bits per heavy atom. The molecule has 0 saturated heterocycles. The van der Waals surface area contributed by atoms with E-state index in [2.05, 4.69) is 0 Å². The number of nitrogens with one attached hydrogen (secondary N) is 1. The Kier molecular flexibility index (Phi) is 6.17. The first kappa shape index (κ1) is 24.8. The van der Waals surface area contributed by atoms with E-state index in [0.717, 1.165) is 0 Å². The number of nitro benzene ring substituents is 1. The van der Waals surface area contributed by atoms with Crippen molar-refractivity contribution in [1.82, 2.24) is 9.55 Å². The number of rotatable bonds is 4. The molecule has 1 heterocycles. The maximum Gasteiger partial charge on any atom is 0.431 e. The Morgan fingerprint density at radius 3 is 2.15 bits per heavy atom. The largest absolute Gasteiger partial charge is 0.455 e. The first-order valence-electron chi connectivity index (χ1n) is 8.55. The fraction of sp³-hybridized carbons (Fsp3) is 0.111. The van der Waals surface area contributed by atoms with E-state index in [9.17, 15) is 50.4 Å².